The van der Waals surface area contributed by atoms with E-state index in [0.717, 1.165) is 41.2 Å². The van der Waals surface area contributed by atoms with Crippen molar-refractivity contribution in [2.75, 3.05) is 18.1 Å². The highest BCUT2D eigenvalue weighted by molar-refractivity contribution is 7.16. The van der Waals surface area contributed by atoms with Crippen LogP contribution in [0.4, 0.5) is 10.6 Å². The Kier molecular flexibility index (Phi) is 4.14. The van der Waals surface area contributed by atoms with Gasteiger partial charge in [-0.3, -0.25) is 5.01 Å². The van der Waals surface area contributed by atoms with Crippen molar-refractivity contribution in [1.29, 1.82) is 0 Å². The van der Waals surface area contributed by atoms with Gasteiger partial charge in [0, 0.05) is 19.5 Å². The van der Waals surface area contributed by atoms with Crippen LogP contribution < -0.4 is 5.01 Å². The number of nitrogens with zero attached hydrogens (tertiary/aromatic N) is 4. The monoisotopic (exact) mass is 334 g/mol. The molecule has 1 saturated heterocycles. The highest BCUT2D eigenvalue weighted by Crippen LogP contribution is 2.31. The molecule has 7 heteroatoms. The minimum atomic E-state index is -0.511. The molecule has 124 valence electrons. The van der Waals surface area contributed by atoms with Crippen molar-refractivity contribution < 1.29 is 9.53 Å². The number of carbonyl (C=O) groups excluding carboxylic acids is 1. The van der Waals surface area contributed by atoms with Crippen LogP contribution in [-0.4, -0.2) is 39.8 Å². The number of aromatic nitrogens is 2. The summed E-state index contributed by atoms with van der Waals surface area (Å²) in [6.45, 7) is 9.07. The molecule has 1 amide bonds. The van der Waals surface area contributed by atoms with Gasteiger partial charge in [0.15, 0.2) is 5.82 Å². The zero-order valence-electron chi connectivity index (χ0n) is 14.0. The Labute approximate surface area is 140 Å². The van der Waals surface area contributed by atoms with Crippen LogP contribution in [0.15, 0.2) is 11.4 Å². The fourth-order valence-corrected chi connectivity index (χ4v) is 3.35. The van der Waals surface area contributed by atoms with Gasteiger partial charge in [-0.05, 0) is 38.6 Å². The number of rotatable bonds is 2. The van der Waals surface area contributed by atoms with E-state index >= 15 is 0 Å². The maximum atomic E-state index is 12.5. The largest absolute Gasteiger partial charge is 0.442 e. The average molecular weight is 334 g/mol. The van der Waals surface area contributed by atoms with Crippen LogP contribution in [0.2, 0.25) is 0 Å². The van der Waals surface area contributed by atoms with E-state index < -0.39 is 5.60 Å². The second-order valence-corrected chi connectivity index (χ2v) is 7.43. The molecule has 0 unspecified atom stereocenters. The molecule has 6 nitrogen and oxygen atoms in total. The molecular weight excluding hydrogens is 312 g/mol. The van der Waals surface area contributed by atoms with E-state index in [1.165, 1.54) is 0 Å². The zero-order valence-corrected chi connectivity index (χ0v) is 14.8. The summed E-state index contributed by atoms with van der Waals surface area (Å²) >= 11 is 1.60. The Hall–Kier alpha value is -1.89. The first-order chi connectivity index (χ1) is 10.9. The highest BCUT2D eigenvalue weighted by Gasteiger charge is 2.33. The first kappa shape index (κ1) is 16.0. The van der Waals surface area contributed by atoms with Crippen LogP contribution in [0.3, 0.4) is 0 Å². The van der Waals surface area contributed by atoms with Gasteiger partial charge < -0.3 is 4.74 Å². The fourth-order valence-electron chi connectivity index (χ4n) is 2.57. The minimum Gasteiger partial charge on any atom is -0.442 e. The Morgan fingerprint density at radius 1 is 1.35 bits per heavy atom. The maximum Gasteiger partial charge on any atom is 0.429 e. The predicted molar refractivity (Wildman–Crippen MR) is 91.7 cm³/mol. The van der Waals surface area contributed by atoms with Crippen molar-refractivity contribution in [2.45, 2.75) is 46.1 Å². The molecule has 0 spiro atoms. The molecule has 1 aliphatic heterocycles. The lowest BCUT2D eigenvalue weighted by atomic mass is 10.2. The fraction of sp³-hybridized carbons (Fsp3) is 0.562. The molecule has 23 heavy (non-hydrogen) atoms. The summed E-state index contributed by atoms with van der Waals surface area (Å²) in [5, 5.41) is 6.59. The van der Waals surface area contributed by atoms with E-state index in [1.807, 2.05) is 44.2 Å². The Balaban J connectivity index is 1.97. The summed E-state index contributed by atoms with van der Waals surface area (Å²) in [6, 6.07) is 2.01. The number of anilines is 1. The van der Waals surface area contributed by atoms with E-state index in [2.05, 4.69) is 9.97 Å². The third-order valence-electron chi connectivity index (χ3n) is 3.55. The lowest BCUT2D eigenvalue weighted by Crippen LogP contribution is -2.44. The summed E-state index contributed by atoms with van der Waals surface area (Å²) in [6.07, 6.45) is 1.34. The molecule has 3 heterocycles. The van der Waals surface area contributed by atoms with Crippen molar-refractivity contribution in [3.63, 3.8) is 0 Å². The van der Waals surface area contributed by atoms with Gasteiger partial charge in [0.2, 0.25) is 0 Å². The predicted octanol–water partition coefficient (Wildman–Crippen LogP) is 3.62. The SMILES string of the molecule is CCc1nc(N2CCCN2C(=O)OC(C)(C)C)c2ccsc2n1. The van der Waals surface area contributed by atoms with Crippen LogP contribution in [0.1, 0.15) is 39.9 Å². The standard InChI is InChI=1S/C16H22N4O2S/c1-5-12-17-13(11-7-10-23-14(11)18-12)19-8-6-9-20(19)15(21)22-16(2,3)4/h7,10H,5-6,8-9H2,1-4H3. The Morgan fingerprint density at radius 3 is 2.83 bits per heavy atom. The smallest absolute Gasteiger partial charge is 0.429 e. The summed E-state index contributed by atoms with van der Waals surface area (Å²) in [5.41, 5.74) is -0.511. The van der Waals surface area contributed by atoms with Crippen molar-refractivity contribution in [3.05, 3.63) is 17.3 Å². The molecule has 1 fully saturated rings. The molecular formula is C16H22N4O2S. The van der Waals surface area contributed by atoms with Gasteiger partial charge in [-0.2, -0.15) is 0 Å². The number of ether oxygens (including phenoxy) is 1. The van der Waals surface area contributed by atoms with E-state index in [9.17, 15) is 4.79 Å². The number of hydrogen-bond donors (Lipinski definition) is 0. The topological polar surface area (TPSA) is 58.6 Å². The molecule has 0 saturated carbocycles. The van der Waals surface area contributed by atoms with Gasteiger partial charge in [0.05, 0.1) is 5.39 Å². The minimum absolute atomic E-state index is 0.324. The average Bonchev–Trinajstić information content (AvgIpc) is 3.13. The van der Waals surface area contributed by atoms with E-state index in [0.29, 0.717) is 6.54 Å². The summed E-state index contributed by atoms with van der Waals surface area (Å²) < 4.78 is 5.53. The van der Waals surface area contributed by atoms with Gasteiger partial charge in [0.25, 0.3) is 0 Å². The number of amides is 1. The first-order valence-electron chi connectivity index (χ1n) is 7.91. The molecule has 0 radical (unpaired) electrons. The van der Waals surface area contributed by atoms with E-state index in [4.69, 9.17) is 4.74 Å². The van der Waals surface area contributed by atoms with Crippen LogP contribution >= 0.6 is 11.3 Å². The number of aryl methyl sites for hydroxylation is 1. The molecule has 0 aromatic carbocycles. The van der Waals surface area contributed by atoms with Crippen molar-refractivity contribution in [1.82, 2.24) is 15.0 Å². The second kappa shape index (κ2) is 5.96. The molecule has 0 atom stereocenters. The summed E-state index contributed by atoms with van der Waals surface area (Å²) in [7, 11) is 0. The maximum absolute atomic E-state index is 12.5. The van der Waals surface area contributed by atoms with Crippen molar-refractivity contribution in [2.24, 2.45) is 0 Å². The molecule has 3 rings (SSSR count). The molecule has 2 aromatic heterocycles. The lowest BCUT2D eigenvalue weighted by Gasteiger charge is -2.31. The van der Waals surface area contributed by atoms with E-state index in [1.54, 1.807) is 16.3 Å². The van der Waals surface area contributed by atoms with E-state index in [-0.39, 0.29) is 6.09 Å². The van der Waals surface area contributed by atoms with Gasteiger partial charge in [-0.25, -0.2) is 19.8 Å². The van der Waals surface area contributed by atoms with Crippen LogP contribution in [0.25, 0.3) is 10.2 Å². The third-order valence-corrected chi connectivity index (χ3v) is 4.35. The number of hydrogen-bond acceptors (Lipinski definition) is 6. The highest BCUT2D eigenvalue weighted by atomic mass is 32.1. The second-order valence-electron chi connectivity index (χ2n) is 6.54. The molecule has 0 N–H and O–H groups in total. The van der Waals surface area contributed by atoms with Crippen molar-refractivity contribution in [3.8, 4) is 0 Å². The van der Waals surface area contributed by atoms with Gasteiger partial charge in [0.1, 0.15) is 16.3 Å². The zero-order chi connectivity index (χ0) is 16.6. The van der Waals surface area contributed by atoms with Crippen molar-refractivity contribution >= 4 is 33.5 Å². The van der Waals surface area contributed by atoms with Gasteiger partial charge >= 0.3 is 6.09 Å². The summed E-state index contributed by atoms with van der Waals surface area (Å²) in [5.74, 6) is 1.60. The number of hydrazine groups is 1. The number of fused-ring (bicyclic) bond motifs is 1. The first-order valence-corrected chi connectivity index (χ1v) is 8.79. The third kappa shape index (κ3) is 3.24. The van der Waals surface area contributed by atoms with Crippen LogP contribution in [0, 0.1) is 0 Å². The molecule has 0 aliphatic carbocycles. The van der Waals surface area contributed by atoms with Gasteiger partial charge in [-0.1, -0.05) is 6.92 Å². The van der Waals surface area contributed by atoms with Crippen LogP contribution in [-0.2, 0) is 11.2 Å². The molecule has 2 aromatic rings. The number of thiophene rings is 1. The lowest BCUT2D eigenvalue weighted by molar-refractivity contribution is 0.0273. The molecule has 1 aliphatic rings. The van der Waals surface area contributed by atoms with Gasteiger partial charge in [-0.15, -0.1) is 11.3 Å². The molecule has 0 bridgehead atoms. The Bertz CT molecular complexity index is 722. The normalized spacial score (nSPS) is 15.5. The number of carbonyl (C=O) groups is 1. The quantitative estimate of drug-likeness (QED) is 0.839. The summed E-state index contributed by atoms with van der Waals surface area (Å²) in [4.78, 5) is 22.7. The Morgan fingerprint density at radius 2 is 2.13 bits per heavy atom. The van der Waals surface area contributed by atoms with Crippen LogP contribution in [0.5, 0.6) is 0 Å².